The maximum Gasteiger partial charge on any atom is 0.244 e. The van der Waals surface area contributed by atoms with Gasteiger partial charge in [0.05, 0.1) is 17.3 Å². The maximum absolute atomic E-state index is 13.3. The van der Waals surface area contributed by atoms with Crippen LogP contribution in [-0.2, 0) is 14.8 Å². The summed E-state index contributed by atoms with van der Waals surface area (Å²) in [6.45, 7) is 3.59. The molecule has 1 saturated heterocycles. The lowest BCUT2D eigenvalue weighted by Crippen LogP contribution is -2.35. The molecule has 1 atom stereocenters. The number of hydrogen-bond acceptors (Lipinski definition) is 4. The smallest absolute Gasteiger partial charge is 0.244 e. The third-order valence-electron chi connectivity index (χ3n) is 3.51. The summed E-state index contributed by atoms with van der Waals surface area (Å²) in [5.41, 5.74) is 5.22. The van der Waals surface area contributed by atoms with E-state index in [1.807, 2.05) is 0 Å². The molecule has 0 spiro atoms. The van der Waals surface area contributed by atoms with E-state index in [0.717, 1.165) is 18.6 Å². The molecular formula is C13H18ClFN2O3S. The van der Waals surface area contributed by atoms with Crippen LogP contribution in [0.4, 0.5) is 10.1 Å². The Balaban J connectivity index is 2.32. The first-order valence-electron chi connectivity index (χ1n) is 6.68. The number of nitrogens with two attached hydrogens (primary N) is 1. The molecule has 0 aliphatic carbocycles. The van der Waals surface area contributed by atoms with Crippen LogP contribution in [0, 0.1) is 11.7 Å². The van der Waals surface area contributed by atoms with Crippen molar-refractivity contribution in [1.29, 1.82) is 0 Å². The number of halogens is 2. The van der Waals surface area contributed by atoms with Crippen molar-refractivity contribution in [2.45, 2.75) is 18.2 Å². The van der Waals surface area contributed by atoms with E-state index in [-0.39, 0.29) is 21.5 Å². The average Bonchev–Trinajstić information content (AvgIpc) is 2.92. The van der Waals surface area contributed by atoms with Gasteiger partial charge in [0.1, 0.15) is 10.7 Å². The molecular weight excluding hydrogens is 319 g/mol. The molecule has 21 heavy (non-hydrogen) atoms. The van der Waals surface area contributed by atoms with E-state index in [9.17, 15) is 12.8 Å². The minimum atomic E-state index is -3.81. The summed E-state index contributed by atoms with van der Waals surface area (Å²) >= 11 is 5.88. The molecule has 2 N–H and O–H groups in total. The summed E-state index contributed by atoms with van der Waals surface area (Å²) in [4.78, 5) is -0.163. The van der Waals surface area contributed by atoms with Crippen LogP contribution in [0.15, 0.2) is 17.0 Å². The van der Waals surface area contributed by atoms with Gasteiger partial charge in [0.25, 0.3) is 0 Å². The van der Waals surface area contributed by atoms with Gasteiger partial charge >= 0.3 is 0 Å². The average molecular weight is 337 g/mol. The predicted octanol–water partition coefficient (Wildman–Crippen LogP) is 2.11. The quantitative estimate of drug-likeness (QED) is 0.836. The predicted molar refractivity (Wildman–Crippen MR) is 79.2 cm³/mol. The van der Waals surface area contributed by atoms with Gasteiger partial charge in [-0.1, -0.05) is 18.5 Å². The largest absolute Gasteiger partial charge is 0.396 e. The highest BCUT2D eigenvalue weighted by Crippen LogP contribution is 2.29. The fourth-order valence-electron chi connectivity index (χ4n) is 2.29. The molecule has 1 aromatic rings. The monoisotopic (exact) mass is 336 g/mol. The van der Waals surface area contributed by atoms with Crippen LogP contribution in [0.5, 0.6) is 0 Å². The number of anilines is 1. The molecule has 0 bridgehead atoms. The molecule has 0 amide bonds. The van der Waals surface area contributed by atoms with E-state index in [2.05, 4.69) is 0 Å². The van der Waals surface area contributed by atoms with Crippen molar-refractivity contribution in [3.05, 3.63) is 23.0 Å². The first-order valence-corrected chi connectivity index (χ1v) is 8.50. The highest BCUT2D eigenvalue weighted by atomic mass is 35.5. The highest BCUT2D eigenvalue weighted by Gasteiger charge is 2.30. The maximum atomic E-state index is 13.3. The molecule has 1 unspecified atom stereocenters. The van der Waals surface area contributed by atoms with E-state index < -0.39 is 15.8 Å². The second-order valence-electron chi connectivity index (χ2n) is 4.99. The van der Waals surface area contributed by atoms with Gasteiger partial charge < -0.3 is 10.5 Å². The second-order valence-corrected chi connectivity index (χ2v) is 7.30. The first kappa shape index (κ1) is 16.5. The van der Waals surface area contributed by atoms with Crippen LogP contribution < -0.4 is 5.73 Å². The Hall–Kier alpha value is -0.890. The SMILES string of the molecule is CCN(CC1CCOC1)S(=O)(=O)c1cc(N)c(F)cc1Cl. The summed E-state index contributed by atoms with van der Waals surface area (Å²) < 4.78 is 45.2. The first-order chi connectivity index (χ1) is 9.86. The van der Waals surface area contributed by atoms with Crippen molar-refractivity contribution in [2.75, 3.05) is 32.0 Å². The number of ether oxygens (including phenoxy) is 1. The zero-order chi connectivity index (χ0) is 15.6. The molecule has 5 nitrogen and oxygen atoms in total. The number of nitrogens with zero attached hydrogens (tertiary/aromatic N) is 1. The molecule has 2 rings (SSSR count). The molecule has 1 aliphatic heterocycles. The third kappa shape index (κ3) is 3.48. The summed E-state index contributed by atoms with van der Waals surface area (Å²) in [6.07, 6.45) is 0.825. The van der Waals surface area contributed by atoms with Gasteiger partial charge in [0, 0.05) is 19.7 Å². The number of hydrogen-bond donors (Lipinski definition) is 1. The molecule has 0 radical (unpaired) electrons. The minimum Gasteiger partial charge on any atom is -0.396 e. The Morgan fingerprint density at radius 2 is 2.24 bits per heavy atom. The molecule has 1 aliphatic rings. The standard InChI is InChI=1S/C13H18ClFN2O3S/c1-2-17(7-9-3-4-20-8-9)21(18,19)13-6-12(16)11(15)5-10(13)14/h5-6,9H,2-4,7-8,16H2,1H3. The van der Waals surface area contributed by atoms with Gasteiger partial charge in [0.2, 0.25) is 10.0 Å². The Morgan fingerprint density at radius 1 is 1.52 bits per heavy atom. The Morgan fingerprint density at radius 3 is 2.81 bits per heavy atom. The van der Waals surface area contributed by atoms with Crippen LogP contribution in [-0.4, -0.2) is 39.0 Å². The zero-order valence-electron chi connectivity index (χ0n) is 11.7. The van der Waals surface area contributed by atoms with Gasteiger partial charge in [-0.3, -0.25) is 0 Å². The van der Waals surface area contributed by atoms with Crippen LogP contribution in [0.1, 0.15) is 13.3 Å². The molecule has 1 heterocycles. The lowest BCUT2D eigenvalue weighted by atomic mass is 10.1. The van der Waals surface area contributed by atoms with E-state index in [1.165, 1.54) is 4.31 Å². The number of rotatable bonds is 5. The van der Waals surface area contributed by atoms with Crippen molar-refractivity contribution in [1.82, 2.24) is 4.31 Å². The molecule has 0 saturated carbocycles. The van der Waals surface area contributed by atoms with Crippen molar-refractivity contribution in [3.8, 4) is 0 Å². The fraction of sp³-hybridized carbons (Fsp3) is 0.538. The van der Waals surface area contributed by atoms with Crippen molar-refractivity contribution >= 4 is 27.3 Å². The van der Waals surface area contributed by atoms with Crippen LogP contribution in [0.3, 0.4) is 0 Å². The lowest BCUT2D eigenvalue weighted by molar-refractivity contribution is 0.181. The topological polar surface area (TPSA) is 72.6 Å². The van der Waals surface area contributed by atoms with Gasteiger partial charge in [-0.25, -0.2) is 12.8 Å². The van der Waals surface area contributed by atoms with E-state index >= 15 is 0 Å². The molecule has 8 heteroatoms. The van der Waals surface area contributed by atoms with E-state index in [1.54, 1.807) is 6.92 Å². The number of sulfonamides is 1. The molecule has 1 fully saturated rings. The normalized spacial score (nSPS) is 19.3. The summed E-state index contributed by atoms with van der Waals surface area (Å²) in [6, 6.07) is 2.00. The van der Waals surface area contributed by atoms with E-state index in [4.69, 9.17) is 22.1 Å². The molecule has 118 valence electrons. The van der Waals surface area contributed by atoms with Gasteiger partial charge in [-0.05, 0) is 24.5 Å². The minimum absolute atomic E-state index is 0.163. The molecule has 1 aromatic carbocycles. The number of benzene rings is 1. The Kier molecular flexibility index (Phi) is 5.08. The Bertz CT molecular complexity index is 618. The third-order valence-corrected chi connectivity index (χ3v) is 5.91. The summed E-state index contributed by atoms with van der Waals surface area (Å²) in [5.74, 6) is -0.567. The summed E-state index contributed by atoms with van der Waals surface area (Å²) in [5, 5.41) is -0.164. The van der Waals surface area contributed by atoms with Gasteiger partial charge in [-0.2, -0.15) is 4.31 Å². The van der Waals surface area contributed by atoms with Crippen molar-refractivity contribution < 1.29 is 17.5 Å². The van der Waals surface area contributed by atoms with Crippen molar-refractivity contribution in [3.63, 3.8) is 0 Å². The van der Waals surface area contributed by atoms with Crippen LogP contribution >= 0.6 is 11.6 Å². The fourth-order valence-corrected chi connectivity index (χ4v) is 4.34. The van der Waals surface area contributed by atoms with Crippen molar-refractivity contribution in [2.24, 2.45) is 5.92 Å². The zero-order valence-corrected chi connectivity index (χ0v) is 13.3. The van der Waals surface area contributed by atoms with Gasteiger partial charge in [-0.15, -0.1) is 0 Å². The van der Waals surface area contributed by atoms with Crippen LogP contribution in [0.25, 0.3) is 0 Å². The van der Waals surface area contributed by atoms with Crippen LogP contribution in [0.2, 0.25) is 5.02 Å². The highest BCUT2D eigenvalue weighted by molar-refractivity contribution is 7.89. The van der Waals surface area contributed by atoms with Gasteiger partial charge in [0.15, 0.2) is 0 Å². The Labute approximate surface area is 128 Å². The van der Waals surface area contributed by atoms with E-state index in [0.29, 0.717) is 26.3 Å². The lowest BCUT2D eigenvalue weighted by Gasteiger charge is -2.23. The summed E-state index contributed by atoms with van der Waals surface area (Å²) in [7, 11) is -3.81. The second kappa shape index (κ2) is 6.48. The number of nitrogen functional groups attached to an aromatic ring is 1. The molecule has 0 aromatic heterocycles.